The summed E-state index contributed by atoms with van der Waals surface area (Å²) < 4.78 is 19.4. The summed E-state index contributed by atoms with van der Waals surface area (Å²) in [6.07, 6.45) is 0.881. The maximum atomic E-state index is 13.7. The molecular formula is C16H16Cl2FN3O2. The maximum Gasteiger partial charge on any atom is 0.217 e. The van der Waals surface area contributed by atoms with Crippen LogP contribution in [0.3, 0.4) is 0 Å². The van der Waals surface area contributed by atoms with Crippen molar-refractivity contribution in [2.45, 2.75) is 26.5 Å². The Morgan fingerprint density at radius 2 is 2.17 bits per heavy atom. The summed E-state index contributed by atoms with van der Waals surface area (Å²) in [4.78, 5) is 15.0. The number of nitrogens with two attached hydrogens (primary N) is 1. The van der Waals surface area contributed by atoms with Gasteiger partial charge < -0.3 is 15.8 Å². The highest BCUT2D eigenvalue weighted by Gasteiger charge is 2.19. The minimum absolute atomic E-state index is 0.101. The van der Waals surface area contributed by atoms with Crippen molar-refractivity contribution in [2.75, 3.05) is 5.73 Å². The Bertz CT molecular complexity index is 771. The highest BCUT2D eigenvalue weighted by atomic mass is 35.5. The SMILES string of the molecule is CC(=O)NCc1cnc(N)c(OC(C)c2c(Cl)ccc(F)c2Cl)c1. The summed E-state index contributed by atoms with van der Waals surface area (Å²) in [5, 5.41) is 2.84. The number of rotatable bonds is 5. The van der Waals surface area contributed by atoms with Crippen LogP contribution in [0.5, 0.6) is 5.75 Å². The van der Waals surface area contributed by atoms with Crippen LogP contribution < -0.4 is 15.8 Å². The predicted octanol–water partition coefficient (Wildman–Crippen LogP) is 3.89. The Labute approximate surface area is 148 Å². The van der Waals surface area contributed by atoms with Gasteiger partial charge >= 0.3 is 0 Å². The van der Waals surface area contributed by atoms with E-state index in [-0.39, 0.29) is 28.3 Å². The van der Waals surface area contributed by atoms with Crippen LogP contribution >= 0.6 is 23.2 Å². The third-order valence-electron chi connectivity index (χ3n) is 3.27. The molecule has 0 aliphatic heterocycles. The van der Waals surface area contributed by atoms with Crippen LogP contribution in [0.1, 0.15) is 31.1 Å². The topological polar surface area (TPSA) is 77.2 Å². The number of amides is 1. The number of carbonyl (C=O) groups excluding carboxylic acids is 1. The van der Waals surface area contributed by atoms with E-state index in [1.165, 1.54) is 25.3 Å². The maximum absolute atomic E-state index is 13.7. The van der Waals surface area contributed by atoms with Gasteiger partial charge in [-0.2, -0.15) is 0 Å². The average Bonchev–Trinajstić information content (AvgIpc) is 2.52. The molecule has 2 rings (SSSR count). The monoisotopic (exact) mass is 371 g/mol. The van der Waals surface area contributed by atoms with Crippen molar-refractivity contribution in [1.82, 2.24) is 10.3 Å². The Kier molecular flexibility index (Phi) is 5.85. The molecule has 0 fully saturated rings. The zero-order valence-electron chi connectivity index (χ0n) is 13.1. The van der Waals surface area contributed by atoms with E-state index >= 15 is 0 Å². The molecule has 0 spiro atoms. The van der Waals surface area contributed by atoms with Gasteiger partial charge in [0.2, 0.25) is 5.91 Å². The van der Waals surface area contributed by atoms with Gasteiger partial charge in [0.1, 0.15) is 11.9 Å². The first-order valence-electron chi connectivity index (χ1n) is 7.08. The number of anilines is 1. The Morgan fingerprint density at radius 3 is 2.83 bits per heavy atom. The number of hydrogen-bond acceptors (Lipinski definition) is 4. The predicted molar refractivity (Wildman–Crippen MR) is 91.6 cm³/mol. The van der Waals surface area contributed by atoms with E-state index in [0.717, 1.165) is 0 Å². The molecule has 0 radical (unpaired) electrons. The zero-order chi connectivity index (χ0) is 17.9. The number of hydrogen-bond donors (Lipinski definition) is 2. The lowest BCUT2D eigenvalue weighted by Crippen LogP contribution is -2.19. The number of pyridine rings is 1. The van der Waals surface area contributed by atoms with Crippen molar-refractivity contribution >= 4 is 34.9 Å². The normalized spacial score (nSPS) is 11.9. The van der Waals surface area contributed by atoms with E-state index < -0.39 is 11.9 Å². The van der Waals surface area contributed by atoms with E-state index in [1.54, 1.807) is 13.0 Å². The van der Waals surface area contributed by atoms with Crippen LogP contribution in [0.4, 0.5) is 10.2 Å². The van der Waals surface area contributed by atoms with Crippen molar-refractivity contribution < 1.29 is 13.9 Å². The second-order valence-electron chi connectivity index (χ2n) is 5.15. The molecule has 1 atom stereocenters. The van der Waals surface area contributed by atoms with E-state index in [2.05, 4.69) is 10.3 Å². The molecular weight excluding hydrogens is 356 g/mol. The Balaban J connectivity index is 2.26. The molecule has 5 nitrogen and oxygen atoms in total. The van der Waals surface area contributed by atoms with E-state index in [1.807, 2.05) is 0 Å². The van der Waals surface area contributed by atoms with E-state index in [4.69, 9.17) is 33.7 Å². The number of nitrogens with one attached hydrogen (secondary N) is 1. The first-order chi connectivity index (χ1) is 11.3. The van der Waals surface area contributed by atoms with Gasteiger partial charge in [0, 0.05) is 30.3 Å². The van der Waals surface area contributed by atoms with Gasteiger partial charge in [0.05, 0.1) is 5.02 Å². The van der Waals surface area contributed by atoms with Crippen LogP contribution in [-0.2, 0) is 11.3 Å². The van der Waals surface area contributed by atoms with Crippen molar-refractivity contribution in [3.63, 3.8) is 0 Å². The fourth-order valence-corrected chi connectivity index (χ4v) is 2.76. The third-order valence-corrected chi connectivity index (χ3v) is 3.98. The molecule has 0 aliphatic rings. The van der Waals surface area contributed by atoms with Crippen LogP contribution in [-0.4, -0.2) is 10.9 Å². The van der Waals surface area contributed by atoms with Gasteiger partial charge in [-0.3, -0.25) is 4.79 Å². The molecule has 1 unspecified atom stereocenters. The fourth-order valence-electron chi connectivity index (χ4n) is 2.08. The fraction of sp³-hybridized carbons (Fsp3) is 0.250. The summed E-state index contributed by atoms with van der Waals surface area (Å²) in [6.45, 7) is 3.37. The number of ether oxygens (including phenoxy) is 1. The number of nitrogens with zero attached hydrogens (tertiary/aromatic N) is 1. The molecule has 2 aromatic rings. The molecule has 1 amide bonds. The molecule has 0 saturated heterocycles. The highest BCUT2D eigenvalue weighted by Crippen LogP contribution is 2.35. The largest absolute Gasteiger partial charge is 0.482 e. The second-order valence-corrected chi connectivity index (χ2v) is 5.94. The molecule has 3 N–H and O–H groups in total. The van der Waals surface area contributed by atoms with Gasteiger partial charge in [0.25, 0.3) is 0 Å². The smallest absolute Gasteiger partial charge is 0.217 e. The van der Waals surface area contributed by atoms with Gasteiger partial charge in [-0.1, -0.05) is 23.2 Å². The first-order valence-corrected chi connectivity index (χ1v) is 7.84. The summed E-state index contributed by atoms with van der Waals surface area (Å²) in [6, 6.07) is 4.24. The molecule has 1 aromatic carbocycles. The van der Waals surface area contributed by atoms with E-state index in [9.17, 15) is 9.18 Å². The molecule has 128 valence electrons. The Morgan fingerprint density at radius 1 is 1.46 bits per heavy atom. The lowest BCUT2D eigenvalue weighted by atomic mass is 10.1. The molecule has 0 aliphatic carbocycles. The molecule has 1 aromatic heterocycles. The molecule has 0 saturated carbocycles. The average molecular weight is 372 g/mol. The molecule has 1 heterocycles. The van der Waals surface area contributed by atoms with Crippen molar-refractivity contribution in [1.29, 1.82) is 0 Å². The molecule has 8 heteroatoms. The minimum atomic E-state index is -0.652. The summed E-state index contributed by atoms with van der Waals surface area (Å²) in [5.74, 6) is -0.295. The van der Waals surface area contributed by atoms with Crippen molar-refractivity contribution in [3.8, 4) is 5.75 Å². The van der Waals surface area contributed by atoms with Gasteiger partial charge in [-0.15, -0.1) is 0 Å². The van der Waals surface area contributed by atoms with Gasteiger partial charge in [-0.25, -0.2) is 9.37 Å². The molecule has 24 heavy (non-hydrogen) atoms. The quantitative estimate of drug-likeness (QED) is 0.781. The number of carbonyl (C=O) groups is 1. The van der Waals surface area contributed by atoms with Gasteiger partial charge in [-0.05, 0) is 30.7 Å². The standard InChI is InChI=1S/C16H16Cl2FN3O2/c1-8(14-11(17)3-4-12(19)15(14)18)24-13-5-10(6-21-9(2)23)7-22-16(13)20/h3-5,7-8H,6H2,1-2H3,(H2,20,22)(H,21,23). The first kappa shape index (κ1) is 18.3. The third kappa shape index (κ3) is 4.27. The van der Waals surface area contributed by atoms with Crippen LogP contribution in [0.25, 0.3) is 0 Å². The summed E-state index contributed by atoms with van der Waals surface area (Å²) >= 11 is 12.1. The van der Waals surface area contributed by atoms with Gasteiger partial charge in [0.15, 0.2) is 11.6 Å². The number of aromatic nitrogens is 1. The summed E-state index contributed by atoms with van der Waals surface area (Å²) in [5.41, 5.74) is 6.84. The lowest BCUT2D eigenvalue weighted by Gasteiger charge is -2.19. The highest BCUT2D eigenvalue weighted by molar-refractivity contribution is 6.36. The number of nitrogen functional groups attached to an aromatic ring is 1. The minimum Gasteiger partial charge on any atom is -0.482 e. The van der Waals surface area contributed by atoms with Crippen LogP contribution in [0, 0.1) is 5.82 Å². The number of halogens is 3. The van der Waals surface area contributed by atoms with Crippen LogP contribution in [0.2, 0.25) is 10.0 Å². The van der Waals surface area contributed by atoms with Crippen molar-refractivity contribution in [2.24, 2.45) is 0 Å². The Hall–Kier alpha value is -2.05. The van der Waals surface area contributed by atoms with Crippen molar-refractivity contribution in [3.05, 3.63) is 51.4 Å². The molecule has 0 bridgehead atoms. The lowest BCUT2D eigenvalue weighted by molar-refractivity contribution is -0.119. The zero-order valence-corrected chi connectivity index (χ0v) is 14.6. The summed E-state index contributed by atoms with van der Waals surface area (Å²) in [7, 11) is 0. The van der Waals surface area contributed by atoms with E-state index in [0.29, 0.717) is 16.9 Å². The number of benzene rings is 1. The second kappa shape index (κ2) is 7.68. The van der Waals surface area contributed by atoms with Crippen LogP contribution in [0.15, 0.2) is 24.4 Å².